The van der Waals surface area contributed by atoms with Gasteiger partial charge in [0.15, 0.2) is 0 Å². The van der Waals surface area contributed by atoms with Crippen LogP contribution in [0.25, 0.3) is 5.70 Å². The van der Waals surface area contributed by atoms with Gasteiger partial charge >= 0.3 is 0 Å². The number of benzene rings is 2. The van der Waals surface area contributed by atoms with E-state index in [1.54, 1.807) is 12.1 Å². The van der Waals surface area contributed by atoms with E-state index in [0.717, 1.165) is 74.1 Å². The van der Waals surface area contributed by atoms with Crippen LogP contribution in [0.4, 0.5) is 15.8 Å². The first kappa shape index (κ1) is 22.0. The van der Waals surface area contributed by atoms with E-state index < -0.39 is 5.82 Å². The lowest BCUT2D eigenvalue weighted by Crippen LogP contribution is -2.45. The molecule has 33 heavy (non-hydrogen) atoms. The summed E-state index contributed by atoms with van der Waals surface area (Å²) in [6.45, 7) is 9.68. The van der Waals surface area contributed by atoms with E-state index in [-0.39, 0.29) is 5.02 Å². The van der Waals surface area contributed by atoms with E-state index in [4.69, 9.17) is 11.6 Å². The van der Waals surface area contributed by atoms with Crippen molar-refractivity contribution in [3.8, 4) is 0 Å². The van der Waals surface area contributed by atoms with Gasteiger partial charge in [-0.3, -0.25) is 4.90 Å². The minimum atomic E-state index is -0.420. The largest absolute Gasteiger partial charge is 0.363 e. The molecule has 7 heteroatoms. The lowest BCUT2D eigenvalue weighted by molar-refractivity contribution is 0.132. The van der Waals surface area contributed by atoms with Gasteiger partial charge in [0.05, 0.1) is 17.3 Å². The fraction of sp³-hybridized carbons (Fsp3) is 0.308. The number of aromatic amines is 1. The van der Waals surface area contributed by atoms with Crippen LogP contribution in [0, 0.1) is 5.82 Å². The molecule has 0 saturated carbocycles. The Morgan fingerprint density at radius 3 is 2.48 bits per heavy atom. The Morgan fingerprint density at radius 1 is 1.00 bits per heavy atom. The highest BCUT2D eigenvalue weighted by molar-refractivity contribution is 6.31. The zero-order chi connectivity index (χ0) is 22.8. The van der Waals surface area contributed by atoms with Crippen molar-refractivity contribution in [3.63, 3.8) is 0 Å². The summed E-state index contributed by atoms with van der Waals surface area (Å²) in [5, 5.41) is 3.51. The van der Waals surface area contributed by atoms with Crippen LogP contribution >= 0.6 is 11.6 Å². The molecule has 0 amide bonds. The first-order chi connectivity index (χ1) is 16.1. The van der Waals surface area contributed by atoms with E-state index in [1.807, 2.05) is 6.20 Å². The summed E-state index contributed by atoms with van der Waals surface area (Å²) in [5.74, 6) is -0.420. The number of H-pyrrole nitrogens is 1. The Morgan fingerprint density at radius 2 is 1.76 bits per heavy atom. The van der Waals surface area contributed by atoms with Crippen LogP contribution in [0.1, 0.15) is 23.7 Å². The minimum Gasteiger partial charge on any atom is -0.363 e. The third-order valence-corrected chi connectivity index (χ3v) is 6.81. The Kier molecular flexibility index (Phi) is 6.40. The fourth-order valence-electron chi connectivity index (χ4n) is 4.54. The molecule has 0 atom stereocenters. The van der Waals surface area contributed by atoms with Gasteiger partial charge in [0.2, 0.25) is 0 Å². The zero-order valence-corrected chi connectivity index (χ0v) is 19.6. The normalized spacial score (nSPS) is 17.1. The summed E-state index contributed by atoms with van der Waals surface area (Å²) in [5.41, 5.74) is 6.40. The smallest absolute Gasteiger partial charge is 0.141 e. The van der Waals surface area contributed by atoms with E-state index in [9.17, 15) is 4.39 Å². The zero-order valence-electron chi connectivity index (χ0n) is 18.8. The molecule has 0 aliphatic carbocycles. The average Bonchev–Trinajstić information content (AvgIpc) is 3.32. The minimum absolute atomic E-state index is 0.106. The second-order valence-corrected chi connectivity index (χ2v) is 9.08. The van der Waals surface area contributed by atoms with Crippen molar-refractivity contribution < 1.29 is 4.39 Å². The quantitative estimate of drug-likeness (QED) is 0.513. The molecule has 172 valence electrons. The molecule has 1 aromatic heterocycles. The van der Waals surface area contributed by atoms with Crippen LogP contribution in [0.15, 0.2) is 60.9 Å². The van der Waals surface area contributed by atoms with Crippen LogP contribution in [0.2, 0.25) is 5.02 Å². The molecule has 2 aliphatic heterocycles. The van der Waals surface area contributed by atoms with E-state index in [1.165, 1.54) is 11.6 Å². The first-order valence-corrected chi connectivity index (χ1v) is 11.9. The highest BCUT2D eigenvalue weighted by Gasteiger charge is 2.20. The number of nitrogens with one attached hydrogen (secondary N) is 2. The van der Waals surface area contributed by atoms with Crippen molar-refractivity contribution in [3.05, 3.63) is 88.6 Å². The molecule has 2 N–H and O–H groups in total. The third kappa shape index (κ3) is 4.93. The molecule has 2 aromatic carbocycles. The van der Waals surface area contributed by atoms with Gasteiger partial charge in [-0.2, -0.15) is 0 Å². The van der Waals surface area contributed by atoms with Crippen molar-refractivity contribution in [1.29, 1.82) is 0 Å². The molecule has 3 heterocycles. The van der Waals surface area contributed by atoms with E-state index >= 15 is 0 Å². The van der Waals surface area contributed by atoms with Crippen LogP contribution in [0.3, 0.4) is 0 Å². The summed E-state index contributed by atoms with van der Waals surface area (Å²) in [4.78, 5) is 10.6. The highest BCUT2D eigenvalue weighted by atomic mass is 35.5. The van der Waals surface area contributed by atoms with Crippen molar-refractivity contribution in [2.45, 2.75) is 20.0 Å². The molecule has 1 fully saturated rings. The maximum atomic E-state index is 13.6. The number of hydrogen-bond donors (Lipinski definition) is 2. The van der Waals surface area contributed by atoms with Gasteiger partial charge < -0.3 is 20.1 Å². The molecule has 0 unspecified atom stereocenters. The summed E-state index contributed by atoms with van der Waals surface area (Å²) >= 11 is 5.98. The number of rotatable bonds is 6. The predicted molar refractivity (Wildman–Crippen MR) is 134 cm³/mol. The summed E-state index contributed by atoms with van der Waals surface area (Å²) in [6, 6.07) is 15.6. The molecule has 5 nitrogen and oxygen atoms in total. The number of aromatic nitrogens is 1. The maximum absolute atomic E-state index is 13.6. The number of fused-ring (bicyclic) bond motifs is 1. The predicted octanol–water partition coefficient (Wildman–Crippen LogP) is 5.38. The molecule has 0 spiro atoms. The highest BCUT2D eigenvalue weighted by Crippen LogP contribution is 2.31. The Bertz CT molecular complexity index is 1130. The number of nitrogens with zero attached hydrogens (tertiary/aromatic N) is 3. The van der Waals surface area contributed by atoms with Gasteiger partial charge in [0.25, 0.3) is 0 Å². The van der Waals surface area contributed by atoms with Crippen LogP contribution in [-0.2, 0) is 13.1 Å². The number of anilines is 2. The average molecular weight is 466 g/mol. The fourth-order valence-corrected chi connectivity index (χ4v) is 4.72. The SMILES string of the molecule is CCN1CCN(Cc2ccc(N3C=C(Nc4ccc(F)c(Cl)c4)c4cc[nH]c4C3)cc2)CC1. The van der Waals surface area contributed by atoms with Gasteiger partial charge in [-0.15, -0.1) is 0 Å². The number of piperazine rings is 1. The van der Waals surface area contributed by atoms with E-state index in [2.05, 4.69) is 68.5 Å². The maximum Gasteiger partial charge on any atom is 0.141 e. The molecule has 2 aliphatic rings. The van der Waals surface area contributed by atoms with Gasteiger partial charge in [0, 0.05) is 67.8 Å². The summed E-state index contributed by atoms with van der Waals surface area (Å²) in [7, 11) is 0. The van der Waals surface area contributed by atoms with Crippen molar-refractivity contribution in [2.75, 3.05) is 42.9 Å². The number of halogens is 2. The third-order valence-electron chi connectivity index (χ3n) is 6.52. The lowest BCUT2D eigenvalue weighted by Gasteiger charge is -2.34. The summed E-state index contributed by atoms with van der Waals surface area (Å²) in [6.07, 6.45) is 4.05. The first-order valence-electron chi connectivity index (χ1n) is 11.5. The summed E-state index contributed by atoms with van der Waals surface area (Å²) < 4.78 is 13.6. The molecular weight excluding hydrogens is 437 g/mol. The van der Waals surface area contributed by atoms with Crippen LogP contribution in [0.5, 0.6) is 0 Å². The van der Waals surface area contributed by atoms with Gasteiger partial charge in [0.1, 0.15) is 5.82 Å². The van der Waals surface area contributed by atoms with Gasteiger partial charge in [-0.05, 0) is 48.5 Å². The molecule has 3 aromatic rings. The second kappa shape index (κ2) is 9.59. The number of likely N-dealkylation sites (N-methyl/N-ethyl adjacent to an activating group) is 1. The second-order valence-electron chi connectivity index (χ2n) is 8.67. The van der Waals surface area contributed by atoms with Gasteiger partial charge in [-0.25, -0.2) is 4.39 Å². The molecular formula is C26H29ClFN5. The molecule has 5 rings (SSSR count). The standard InChI is InChI=1S/C26H29ClFN5/c1-2-31-11-13-32(14-12-31)16-19-3-6-21(7-4-19)33-17-25-22(9-10-29-25)26(18-33)30-20-5-8-24(28)23(27)15-20/h3-10,15,18,29-30H,2,11-14,16-17H2,1H3. The Balaban J connectivity index is 1.31. The number of hydrogen-bond acceptors (Lipinski definition) is 4. The van der Waals surface area contributed by atoms with Crippen molar-refractivity contribution in [1.82, 2.24) is 14.8 Å². The van der Waals surface area contributed by atoms with Crippen molar-refractivity contribution in [2.24, 2.45) is 0 Å². The Labute approximate surface area is 199 Å². The Hall–Kier alpha value is -2.80. The lowest BCUT2D eigenvalue weighted by atomic mass is 10.1. The monoisotopic (exact) mass is 465 g/mol. The molecule has 0 bridgehead atoms. The topological polar surface area (TPSA) is 37.5 Å². The van der Waals surface area contributed by atoms with Gasteiger partial charge in [-0.1, -0.05) is 30.7 Å². The molecule has 1 saturated heterocycles. The molecule has 0 radical (unpaired) electrons. The van der Waals surface area contributed by atoms with Crippen LogP contribution in [-0.4, -0.2) is 47.5 Å². The van der Waals surface area contributed by atoms with Crippen LogP contribution < -0.4 is 10.2 Å². The van der Waals surface area contributed by atoms with E-state index in [0.29, 0.717) is 0 Å². The van der Waals surface area contributed by atoms with Crippen molar-refractivity contribution >= 4 is 28.7 Å².